The maximum atomic E-state index is 6.69. The van der Waals surface area contributed by atoms with E-state index >= 15 is 0 Å². The first-order valence-corrected chi connectivity index (χ1v) is 9.10. The number of benzene rings is 1. The molecule has 7 nitrogen and oxygen atoms in total. The van der Waals surface area contributed by atoms with Crippen LogP contribution in [0.4, 0.5) is 0 Å². The molecule has 2 saturated heterocycles. The Hall–Kier alpha value is -1.38. The minimum atomic E-state index is -0.700. The minimum Gasteiger partial charge on any atom is -0.454 e. The highest BCUT2D eigenvalue weighted by molar-refractivity contribution is 5.46. The number of hydrogen-bond donors (Lipinski definition) is 1. The van der Waals surface area contributed by atoms with Crippen molar-refractivity contribution in [2.24, 2.45) is 5.73 Å². The van der Waals surface area contributed by atoms with Gasteiger partial charge in [0.25, 0.3) is 0 Å². The fourth-order valence-electron chi connectivity index (χ4n) is 4.67. The zero-order valence-corrected chi connectivity index (χ0v) is 15.4. The lowest BCUT2D eigenvalue weighted by Gasteiger charge is -2.42. The van der Waals surface area contributed by atoms with Crippen LogP contribution in [-0.4, -0.2) is 48.8 Å². The third-order valence-electron chi connectivity index (χ3n) is 5.58. The maximum Gasteiger partial charge on any atom is 0.231 e. The van der Waals surface area contributed by atoms with E-state index in [0.717, 1.165) is 17.1 Å². The molecule has 4 aliphatic rings. The van der Waals surface area contributed by atoms with Gasteiger partial charge in [-0.25, -0.2) is 0 Å². The van der Waals surface area contributed by atoms with E-state index in [4.69, 9.17) is 34.2 Å². The van der Waals surface area contributed by atoms with Crippen LogP contribution in [0.3, 0.4) is 0 Å². The van der Waals surface area contributed by atoms with Gasteiger partial charge < -0.3 is 34.2 Å². The van der Waals surface area contributed by atoms with E-state index in [-0.39, 0.29) is 43.2 Å². The summed E-state index contributed by atoms with van der Waals surface area (Å²) in [5.41, 5.74) is 7.73. The van der Waals surface area contributed by atoms with Gasteiger partial charge >= 0.3 is 0 Å². The Bertz CT molecular complexity index is 735. The van der Waals surface area contributed by atoms with Crippen molar-refractivity contribution >= 4 is 0 Å². The van der Waals surface area contributed by atoms with Gasteiger partial charge in [0.1, 0.15) is 18.3 Å². The molecule has 3 fully saturated rings. The van der Waals surface area contributed by atoms with Gasteiger partial charge in [-0.15, -0.1) is 0 Å². The predicted octanol–water partition coefficient (Wildman–Crippen LogP) is 1.88. The summed E-state index contributed by atoms with van der Waals surface area (Å²) in [6.07, 6.45) is -0.984. The monoisotopic (exact) mass is 363 g/mol. The van der Waals surface area contributed by atoms with Crippen LogP contribution in [0.1, 0.15) is 39.2 Å². The molecule has 3 heterocycles. The molecule has 1 aliphatic carbocycles. The quantitative estimate of drug-likeness (QED) is 0.816. The lowest BCUT2D eigenvalue weighted by atomic mass is 9.74. The van der Waals surface area contributed by atoms with Crippen LogP contribution >= 0.6 is 0 Å². The van der Waals surface area contributed by atoms with Crippen molar-refractivity contribution < 1.29 is 28.4 Å². The lowest BCUT2D eigenvalue weighted by molar-refractivity contribution is -0.176. The molecular weight excluding hydrogens is 338 g/mol. The molecule has 0 bridgehead atoms. The van der Waals surface area contributed by atoms with Crippen molar-refractivity contribution in [3.05, 3.63) is 23.8 Å². The largest absolute Gasteiger partial charge is 0.454 e. The minimum absolute atomic E-state index is 0.102. The van der Waals surface area contributed by atoms with Gasteiger partial charge in [-0.05, 0) is 45.4 Å². The molecule has 5 rings (SSSR count). The highest BCUT2D eigenvalue weighted by Gasteiger charge is 2.62. The maximum absolute atomic E-state index is 6.69. The van der Waals surface area contributed by atoms with Crippen LogP contribution in [0, 0.1) is 0 Å². The molecule has 6 atom stereocenters. The second-order valence-corrected chi connectivity index (χ2v) is 8.35. The molecule has 7 heteroatoms. The van der Waals surface area contributed by atoms with E-state index in [9.17, 15) is 0 Å². The topological polar surface area (TPSA) is 81.4 Å². The van der Waals surface area contributed by atoms with Gasteiger partial charge in [0.05, 0.1) is 6.10 Å². The molecule has 0 radical (unpaired) electrons. The highest BCUT2D eigenvalue weighted by Crippen LogP contribution is 2.50. The van der Waals surface area contributed by atoms with E-state index in [1.807, 2.05) is 45.9 Å². The molecule has 2 N–H and O–H groups in total. The van der Waals surface area contributed by atoms with E-state index in [2.05, 4.69) is 0 Å². The lowest BCUT2D eigenvalue weighted by Crippen LogP contribution is -2.60. The van der Waals surface area contributed by atoms with Crippen molar-refractivity contribution in [2.75, 3.05) is 6.79 Å². The Morgan fingerprint density at radius 1 is 0.808 bits per heavy atom. The SMILES string of the molecule is CC1(C)O[C@H]2[C@@H](O1)[C@H](N)C(c1ccc3c(c1)OCO3)[C@H]1OC(C)(C)O[C@@H]21. The summed E-state index contributed by atoms with van der Waals surface area (Å²) in [6.45, 7) is 7.89. The fourth-order valence-corrected chi connectivity index (χ4v) is 4.67. The average molecular weight is 363 g/mol. The molecule has 0 spiro atoms. The zero-order valence-electron chi connectivity index (χ0n) is 15.4. The third-order valence-corrected chi connectivity index (χ3v) is 5.58. The van der Waals surface area contributed by atoms with E-state index in [1.165, 1.54) is 0 Å². The zero-order chi connectivity index (χ0) is 18.3. The van der Waals surface area contributed by atoms with Crippen molar-refractivity contribution in [3.63, 3.8) is 0 Å². The summed E-state index contributed by atoms with van der Waals surface area (Å²) < 4.78 is 35.7. The third kappa shape index (κ3) is 2.46. The Labute approximate surface area is 152 Å². The molecule has 26 heavy (non-hydrogen) atoms. The van der Waals surface area contributed by atoms with Crippen LogP contribution in [0.5, 0.6) is 11.5 Å². The number of nitrogens with two attached hydrogens (primary N) is 1. The predicted molar refractivity (Wildman–Crippen MR) is 90.9 cm³/mol. The van der Waals surface area contributed by atoms with Crippen molar-refractivity contribution in [1.82, 2.24) is 0 Å². The van der Waals surface area contributed by atoms with Gasteiger partial charge in [0.2, 0.25) is 6.79 Å². The second kappa shape index (κ2) is 5.33. The molecule has 142 valence electrons. The molecular formula is C19H25NO6. The molecule has 0 aromatic heterocycles. The van der Waals surface area contributed by atoms with E-state index in [1.54, 1.807) is 0 Å². The first-order valence-electron chi connectivity index (χ1n) is 9.10. The smallest absolute Gasteiger partial charge is 0.231 e. The van der Waals surface area contributed by atoms with Crippen LogP contribution in [0.25, 0.3) is 0 Å². The van der Waals surface area contributed by atoms with Crippen LogP contribution < -0.4 is 15.2 Å². The second-order valence-electron chi connectivity index (χ2n) is 8.35. The summed E-state index contributed by atoms with van der Waals surface area (Å²) >= 11 is 0. The number of fused-ring (bicyclic) bond motifs is 4. The summed E-state index contributed by atoms with van der Waals surface area (Å²) in [4.78, 5) is 0. The number of hydrogen-bond acceptors (Lipinski definition) is 7. The van der Waals surface area contributed by atoms with Crippen LogP contribution in [0.2, 0.25) is 0 Å². The number of ether oxygens (including phenoxy) is 6. The summed E-state index contributed by atoms with van der Waals surface area (Å²) in [6, 6.07) is 5.63. The Morgan fingerprint density at radius 3 is 2.12 bits per heavy atom. The van der Waals surface area contributed by atoms with Crippen LogP contribution in [-0.2, 0) is 18.9 Å². The van der Waals surface area contributed by atoms with Gasteiger partial charge in [0.15, 0.2) is 23.1 Å². The van der Waals surface area contributed by atoms with Gasteiger partial charge in [-0.2, -0.15) is 0 Å². The normalized spacial score (nSPS) is 41.7. The highest BCUT2D eigenvalue weighted by atomic mass is 16.8. The summed E-state index contributed by atoms with van der Waals surface area (Å²) in [7, 11) is 0. The number of rotatable bonds is 1. The van der Waals surface area contributed by atoms with Gasteiger partial charge in [-0.1, -0.05) is 6.07 Å². The first kappa shape index (κ1) is 16.8. The van der Waals surface area contributed by atoms with E-state index < -0.39 is 11.6 Å². The van der Waals surface area contributed by atoms with Crippen molar-refractivity contribution in [2.45, 2.75) is 75.6 Å². The van der Waals surface area contributed by atoms with Gasteiger partial charge in [-0.3, -0.25) is 0 Å². The molecule has 1 unspecified atom stereocenters. The average Bonchev–Trinajstić information content (AvgIpc) is 3.21. The Morgan fingerprint density at radius 2 is 1.38 bits per heavy atom. The van der Waals surface area contributed by atoms with Crippen molar-refractivity contribution in [3.8, 4) is 11.5 Å². The standard InChI is InChI=1S/C19H25NO6/c1-18(2)23-14-12(9-5-6-10-11(7-9)22-8-21-10)13(20)15-17(16(14)25-18)26-19(3,4)24-15/h5-7,12-17H,8,20H2,1-4H3/t12?,13-,14-,15+,16-,17+/m1/s1. The van der Waals surface area contributed by atoms with Crippen molar-refractivity contribution in [1.29, 1.82) is 0 Å². The molecule has 1 aromatic carbocycles. The van der Waals surface area contributed by atoms with Gasteiger partial charge in [0, 0.05) is 12.0 Å². The molecule has 1 aromatic rings. The molecule has 3 aliphatic heterocycles. The van der Waals surface area contributed by atoms with Crippen LogP contribution in [0.15, 0.2) is 18.2 Å². The Balaban J connectivity index is 1.56. The molecule has 1 saturated carbocycles. The fraction of sp³-hybridized carbons (Fsp3) is 0.684. The summed E-state index contributed by atoms with van der Waals surface area (Å²) in [5, 5.41) is 0. The van der Waals surface area contributed by atoms with E-state index in [0.29, 0.717) is 0 Å². The first-order chi connectivity index (χ1) is 12.2. The Kier molecular flexibility index (Phi) is 3.44. The molecule has 0 amide bonds. The summed E-state index contributed by atoms with van der Waals surface area (Å²) in [5.74, 6) is -0.0185.